The van der Waals surface area contributed by atoms with Gasteiger partial charge in [-0.1, -0.05) is 0 Å². The van der Waals surface area contributed by atoms with Crippen LogP contribution in [0.3, 0.4) is 0 Å². The molecule has 1 rings (SSSR count). The maximum atomic E-state index is 11.6. The van der Waals surface area contributed by atoms with E-state index in [4.69, 9.17) is 11.6 Å². The summed E-state index contributed by atoms with van der Waals surface area (Å²) in [5.41, 5.74) is 0.0557. The van der Waals surface area contributed by atoms with E-state index in [1.807, 2.05) is 26.2 Å². The van der Waals surface area contributed by atoms with Gasteiger partial charge in [-0.15, -0.1) is 11.6 Å². The van der Waals surface area contributed by atoms with Gasteiger partial charge in [-0.05, 0) is 20.3 Å². The molecule has 0 aliphatic carbocycles. The van der Waals surface area contributed by atoms with Crippen LogP contribution in [0.25, 0.3) is 0 Å². The third-order valence-electron chi connectivity index (χ3n) is 1.96. The molecule has 0 aliphatic heterocycles. The molecule has 0 fully saturated rings. The zero-order valence-corrected chi connectivity index (χ0v) is 8.79. The number of hydrogen-bond donors (Lipinski definition) is 0. The Labute approximate surface area is 82.9 Å². The molecule has 3 nitrogen and oxygen atoms in total. The van der Waals surface area contributed by atoms with Crippen LogP contribution in [-0.4, -0.2) is 15.0 Å². The van der Waals surface area contributed by atoms with Gasteiger partial charge in [0.15, 0.2) is 0 Å². The van der Waals surface area contributed by atoms with Crippen molar-refractivity contribution >= 4 is 11.6 Å². The van der Waals surface area contributed by atoms with E-state index in [1.165, 1.54) is 0 Å². The van der Waals surface area contributed by atoms with Gasteiger partial charge in [0.2, 0.25) is 0 Å². The van der Waals surface area contributed by atoms with Gasteiger partial charge in [-0.2, -0.15) is 0 Å². The predicted octanol–water partition coefficient (Wildman–Crippen LogP) is 1.86. The molecule has 74 valence electrons. The van der Waals surface area contributed by atoms with Crippen molar-refractivity contribution in [3.63, 3.8) is 0 Å². The monoisotopic (exact) mass is 202 g/mol. The first-order valence-electron chi connectivity index (χ1n) is 4.50. The molecular formula is C9H15ClN2O. The van der Waals surface area contributed by atoms with Crippen molar-refractivity contribution in [1.82, 2.24) is 9.13 Å². The number of nitrogens with zero attached hydrogens (tertiary/aromatic N) is 2. The molecule has 0 amide bonds. The molecule has 0 N–H and O–H groups in total. The zero-order chi connectivity index (χ0) is 9.84. The third-order valence-corrected chi connectivity index (χ3v) is 2.23. The van der Waals surface area contributed by atoms with E-state index in [0.717, 1.165) is 6.42 Å². The molecule has 4 heteroatoms. The van der Waals surface area contributed by atoms with Crippen LogP contribution >= 0.6 is 11.6 Å². The number of imidazole rings is 1. The first-order chi connectivity index (χ1) is 6.16. The summed E-state index contributed by atoms with van der Waals surface area (Å²) < 4.78 is 3.41. The fraction of sp³-hybridized carbons (Fsp3) is 0.667. The summed E-state index contributed by atoms with van der Waals surface area (Å²) in [6.45, 7) is 4.70. The van der Waals surface area contributed by atoms with Crippen LogP contribution in [0.2, 0.25) is 0 Å². The van der Waals surface area contributed by atoms with Crippen LogP contribution in [0.5, 0.6) is 0 Å². The van der Waals surface area contributed by atoms with E-state index < -0.39 is 0 Å². The molecule has 0 radical (unpaired) electrons. The summed E-state index contributed by atoms with van der Waals surface area (Å²) in [6, 6.07) is 0.227. The first kappa shape index (κ1) is 10.4. The lowest BCUT2D eigenvalue weighted by Gasteiger charge is -2.04. The minimum absolute atomic E-state index is 0.0557. The van der Waals surface area contributed by atoms with Gasteiger partial charge in [-0.3, -0.25) is 9.13 Å². The SMILES string of the molecule is CC(C)n1ccn(CCCCl)c1=O. The molecule has 0 bridgehead atoms. The maximum Gasteiger partial charge on any atom is 0.328 e. The average molecular weight is 203 g/mol. The molecule has 0 atom stereocenters. The Morgan fingerprint density at radius 2 is 2.15 bits per heavy atom. The van der Waals surface area contributed by atoms with Crippen molar-refractivity contribution in [2.75, 3.05) is 5.88 Å². The summed E-state index contributed by atoms with van der Waals surface area (Å²) in [6.07, 6.45) is 4.47. The molecule has 13 heavy (non-hydrogen) atoms. The highest BCUT2D eigenvalue weighted by Crippen LogP contribution is 1.99. The van der Waals surface area contributed by atoms with E-state index in [0.29, 0.717) is 12.4 Å². The zero-order valence-electron chi connectivity index (χ0n) is 8.03. The van der Waals surface area contributed by atoms with E-state index in [-0.39, 0.29) is 11.7 Å². The summed E-state index contributed by atoms with van der Waals surface area (Å²) >= 11 is 5.55. The van der Waals surface area contributed by atoms with Gasteiger partial charge in [0.25, 0.3) is 0 Å². The van der Waals surface area contributed by atoms with E-state index in [1.54, 1.807) is 9.13 Å². The molecule has 0 saturated heterocycles. The summed E-state index contributed by atoms with van der Waals surface area (Å²) in [7, 11) is 0. The first-order valence-corrected chi connectivity index (χ1v) is 5.03. The van der Waals surface area contributed by atoms with Crippen molar-refractivity contribution in [3.8, 4) is 0 Å². The highest BCUT2D eigenvalue weighted by Gasteiger charge is 2.04. The standard InChI is InChI=1S/C9H15ClN2O/c1-8(2)12-7-6-11(9(12)13)5-3-4-10/h6-8H,3-5H2,1-2H3. The van der Waals surface area contributed by atoms with Gasteiger partial charge < -0.3 is 0 Å². The Balaban J connectivity index is 2.81. The molecular weight excluding hydrogens is 188 g/mol. The number of rotatable bonds is 4. The number of halogens is 1. The fourth-order valence-corrected chi connectivity index (χ4v) is 1.34. The second-order valence-corrected chi connectivity index (χ2v) is 3.70. The molecule has 0 spiro atoms. The number of aryl methyl sites for hydroxylation is 1. The van der Waals surface area contributed by atoms with Crippen LogP contribution in [0.4, 0.5) is 0 Å². The molecule has 1 heterocycles. The van der Waals surface area contributed by atoms with Crippen LogP contribution in [0.1, 0.15) is 26.3 Å². The minimum Gasteiger partial charge on any atom is -0.299 e. The Hall–Kier alpha value is -0.700. The quantitative estimate of drug-likeness (QED) is 0.685. The van der Waals surface area contributed by atoms with Gasteiger partial charge in [-0.25, -0.2) is 4.79 Å². The largest absolute Gasteiger partial charge is 0.328 e. The van der Waals surface area contributed by atoms with Crippen molar-refractivity contribution in [2.45, 2.75) is 32.9 Å². The highest BCUT2D eigenvalue weighted by molar-refractivity contribution is 6.17. The molecule has 1 aromatic heterocycles. The molecule has 0 unspecified atom stereocenters. The van der Waals surface area contributed by atoms with Crippen LogP contribution in [-0.2, 0) is 6.54 Å². The summed E-state index contributed by atoms with van der Waals surface area (Å²) in [5.74, 6) is 0.597. The second-order valence-electron chi connectivity index (χ2n) is 3.32. The highest BCUT2D eigenvalue weighted by atomic mass is 35.5. The Kier molecular flexibility index (Phi) is 3.60. The summed E-state index contributed by atoms with van der Waals surface area (Å²) in [4.78, 5) is 11.6. The van der Waals surface area contributed by atoms with Gasteiger partial charge >= 0.3 is 5.69 Å². The van der Waals surface area contributed by atoms with E-state index >= 15 is 0 Å². The Morgan fingerprint density at radius 1 is 1.46 bits per heavy atom. The third kappa shape index (κ3) is 2.37. The van der Waals surface area contributed by atoms with Gasteiger partial charge in [0.05, 0.1) is 0 Å². The van der Waals surface area contributed by atoms with Gasteiger partial charge in [0, 0.05) is 30.9 Å². The lowest BCUT2D eigenvalue weighted by molar-refractivity contribution is 0.548. The minimum atomic E-state index is 0.0557. The lowest BCUT2D eigenvalue weighted by Crippen LogP contribution is -2.25. The van der Waals surface area contributed by atoms with Crippen LogP contribution in [0.15, 0.2) is 17.2 Å². The number of alkyl halides is 1. The molecule has 0 aromatic carbocycles. The van der Waals surface area contributed by atoms with E-state index in [9.17, 15) is 4.79 Å². The topological polar surface area (TPSA) is 26.9 Å². The second kappa shape index (κ2) is 4.51. The average Bonchev–Trinajstić information content (AvgIpc) is 2.43. The molecule has 0 saturated carbocycles. The van der Waals surface area contributed by atoms with E-state index in [2.05, 4.69) is 0 Å². The molecule has 0 aliphatic rings. The maximum absolute atomic E-state index is 11.6. The van der Waals surface area contributed by atoms with Crippen molar-refractivity contribution in [3.05, 3.63) is 22.9 Å². The molecule has 1 aromatic rings. The normalized spacial score (nSPS) is 11.1. The predicted molar refractivity (Wildman–Crippen MR) is 54.4 cm³/mol. The van der Waals surface area contributed by atoms with Crippen molar-refractivity contribution < 1.29 is 0 Å². The smallest absolute Gasteiger partial charge is 0.299 e. The lowest BCUT2D eigenvalue weighted by atomic mass is 10.4. The fourth-order valence-electron chi connectivity index (χ4n) is 1.22. The van der Waals surface area contributed by atoms with Crippen LogP contribution in [0, 0.1) is 0 Å². The van der Waals surface area contributed by atoms with Crippen molar-refractivity contribution in [1.29, 1.82) is 0 Å². The summed E-state index contributed by atoms with van der Waals surface area (Å²) in [5, 5.41) is 0. The van der Waals surface area contributed by atoms with Crippen molar-refractivity contribution in [2.24, 2.45) is 0 Å². The van der Waals surface area contributed by atoms with Gasteiger partial charge in [0.1, 0.15) is 0 Å². The Morgan fingerprint density at radius 3 is 2.62 bits per heavy atom. The number of aromatic nitrogens is 2. The Bertz CT molecular complexity index is 314. The number of hydrogen-bond acceptors (Lipinski definition) is 1. The van der Waals surface area contributed by atoms with Crippen LogP contribution < -0.4 is 5.69 Å².